The number of aromatic nitrogens is 2. The Kier molecular flexibility index (Phi) is 4.34. The van der Waals surface area contributed by atoms with E-state index in [4.69, 9.17) is 0 Å². The molecule has 21 heavy (non-hydrogen) atoms. The predicted molar refractivity (Wildman–Crippen MR) is 82.9 cm³/mol. The standard InChI is InChI=1S/C14H20N4O2S/c1-10-6-5-7-12(8-10)18(4)21(19,20)14-13(9-15-3)11(2)16-17-14/h5-8,15H,9H2,1-4H3,(H,16,17). The van der Waals surface area contributed by atoms with Crippen LogP contribution in [-0.4, -0.2) is 32.7 Å². The number of benzene rings is 1. The molecular formula is C14H20N4O2S. The van der Waals surface area contributed by atoms with Crippen molar-refractivity contribution in [3.63, 3.8) is 0 Å². The van der Waals surface area contributed by atoms with E-state index in [2.05, 4.69) is 15.5 Å². The summed E-state index contributed by atoms with van der Waals surface area (Å²) in [4.78, 5) is 0. The normalized spacial score (nSPS) is 11.6. The first-order valence-electron chi connectivity index (χ1n) is 6.62. The molecule has 0 unspecified atom stereocenters. The third-order valence-corrected chi connectivity index (χ3v) is 5.12. The molecule has 0 aliphatic rings. The number of sulfonamides is 1. The van der Waals surface area contributed by atoms with E-state index in [0.29, 0.717) is 17.8 Å². The topological polar surface area (TPSA) is 78.1 Å². The zero-order valence-corrected chi connectivity index (χ0v) is 13.5. The van der Waals surface area contributed by atoms with Gasteiger partial charge in [-0.15, -0.1) is 0 Å². The van der Waals surface area contributed by atoms with E-state index in [1.54, 1.807) is 13.1 Å². The Bertz CT molecular complexity index is 737. The first-order valence-corrected chi connectivity index (χ1v) is 8.06. The molecule has 0 aliphatic carbocycles. The molecule has 0 spiro atoms. The SMILES string of the molecule is CNCc1c(S(=O)(=O)N(C)c2cccc(C)c2)n[nH]c1C. The van der Waals surface area contributed by atoms with Crippen LogP contribution in [0.15, 0.2) is 29.3 Å². The lowest BCUT2D eigenvalue weighted by Gasteiger charge is -2.19. The number of hydrogen-bond acceptors (Lipinski definition) is 4. The largest absolute Gasteiger partial charge is 0.316 e. The lowest BCUT2D eigenvalue weighted by Crippen LogP contribution is -2.28. The Morgan fingerprint density at radius 1 is 1.33 bits per heavy atom. The van der Waals surface area contributed by atoms with E-state index in [9.17, 15) is 8.42 Å². The van der Waals surface area contributed by atoms with E-state index >= 15 is 0 Å². The second-order valence-corrected chi connectivity index (χ2v) is 6.86. The maximum atomic E-state index is 12.8. The van der Waals surface area contributed by atoms with Gasteiger partial charge >= 0.3 is 0 Å². The van der Waals surface area contributed by atoms with E-state index < -0.39 is 10.0 Å². The van der Waals surface area contributed by atoms with Crippen molar-refractivity contribution in [2.45, 2.75) is 25.4 Å². The molecule has 1 aromatic carbocycles. The highest BCUT2D eigenvalue weighted by atomic mass is 32.2. The molecule has 0 bridgehead atoms. The minimum atomic E-state index is -3.69. The maximum absolute atomic E-state index is 12.8. The van der Waals surface area contributed by atoms with Crippen LogP contribution in [0.2, 0.25) is 0 Å². The number of nitrogens with zero attached hydrogens (tertiary/aromatic N) is 2. The molecule has 2 aromatic rings. The van der Waals surface area contributed by atoms with Crippen LogP contribution in [0.3, 0.4) is 0 Å². The molecule has 0 atom stereocenters. The summed E-state index contributed by atoms with van der Waals surface area (Å²) < 4.78 is 26.8. The van der Waals surface area contributed by atoms with Crippen LogP contribution in [0.4, 0.5) is 5.69 Å². The highest BCUT2D eigenvalue weighted by Gasteiger charge is 2.28. The zero-order chi connectivity index (χ0) is 15.6. The number of aryl methyl sites for hydroxylation is 2. The molecule has 0 fully saturated rings. The van der Waals surface area contributed by atoms with Gasteiger partial charge in [0.15, 0.2) is 0 Å². The fourth-order valence-electron chi connectivity index (χ4n) is 2.12. The minimum Gasteiger partial charge on any atom is -0.316 e. The number of anilines is 1. The Hall–Kier alpha value is -1.86. The van der Waals surface area contributed by atoms with Gasteiger partial charge in [-0.25, -0.2) is 0 Å². The summed E-state index contributed by atoms with van der Waals surface area (Å²) in [5.74, 6) is 0. The van der Waals surface area contributed by atoms with Crippen molar-refractivity contribution in [3.05, 3.63) is 41.1 Å². The third-order valence-electron chi connectivity index (χ3n) is 3.36. The summed E-state index contributed by atoms with van der Waals surface area (Å²) in [5.41, 5.74) is 3.03. The predicted octanol–water partition coefficient (Wildman–Crippen LogP) is 1.57. The number of hydrogen-bond donors (Lipinski definition) is 2. The molecule has 0 saturated carbocycles. The number of nitrogens with one attached hydrogen (secondary N) is 2. The molecule has 1 aromatic heterocycles. The van der Waals surface area contributed by atoms with Gasteiger partial charge in [-0.3, -0.25) is 9.40 Å². The van der Waals surface area contributed by atoms with Crippen molar-refractivity contribution < 1.29 is 8.42 Å². The Labute approximate surface area is 125 Å². The second-order valence-electron chi connectivity index (χ2n) is 4.97. The molecule has 6 nitrogen and oxygen atoms in total. The smallest absolute Gasteiger partial charge is 0.283 e. The fraction of sp³-hybridized carbons (Fsp3) is 0.357. The van der Waals surface area contributed by atoms with Crippen molar-refractivity contribution in [2.24, 2.45) is 0 Å². The highest BCUT2D eigenvalue weighted by molar-refractivity contribution is 7.92. The van der Waals surface area contributed by atoms with Gasteiger partial charge in [0.25, 0.3) is 10.0 Å². The molecule has 2 rings (SSSR count). The Morgan fingerprint density at radius 3 is 2.67 bits per heavy atom. The van der Waals surface area contributed by atoms with Gasteiger partial charge in [0.05, 0.1) is 5.69 Å². The number of aromatic amines is 1. The van der Waals surface area contributed by atoms with Crippen molar-refractivity contribution >= 4 is 15.7 Å². The lowest BCUT2D eigenvalue weighted by molar-refractivity contribution is 0.588. The van der Waals surface area contributed by atoms with Crippen molar-refractivity contribution in [1.82, 2.24) is 15.5 Å². The van der Waals surface area contributed by atoms with Gasteiger partial charge in [0.1, 0.15) is 0 Å². The molecule has 0 saturated heterocycles. The van der Waals surface area contributed by atoms with E-state index in [-0.39, 0.29) is 5.03 Å². The summed E-state index contributed by atoms with van der Waals surface area (Å²) in [6.07, 6.45) is 0. The van der Waals surface area contributed by atoms with Gasteiger partial charge < -0.3 is 5.32 Å². The molecule has 7 heteroatoms. The lowest BCUT2D eigenvalue weighted by atomic mass is 10.2. The highest BCUT2D eigenvalue weighted by Crippen LogP contribution is 2.24. The zero-order valence-electron chi connectivity index (χ0n) is 12.6. The fourth-order valence-corrected chi connectivity index (χ4v) is 3.47. The van der Waals surface area contributed by atoms with Crippen LogP contribution in [0.5, 0.6) is 0 Å². The summed E-state index contributed by atoms with van der Waals surface area (Å²) in [6.45, 7) is 4.18. The van der Waals surface area contributed by atoms with Crippen LogP contribution in [0.1, 0.15) is 16.8 Å². The first kappa shape index (κ1) is 15.5. The maximum Gasteiger partial charge on any atom is 0.283 e. The second kappa shape index (κ2) is 5.87. The molecular weight excluding hydrogens is 288 g/mol. The quantitative estimate of drug-likeness (QED) is 0.879. The molecule has 2 N–H and O–H groups in total. The van der Waals surface area contributed by atoms with Crippen molar-refractivity contribution in [1.29, 1.82) is 0 Å². The summed E-state index contributed by atoms with van der Waals surface area (Å²) in [5, 5.41) is 9.77. The summed E-state index contributed by atoms with van der Waals surface area (Å²) >= 11 is 0. The summed E-state index contributed by atoms with van der Waals surface area (Å²) in [7, 11) is -0.380. The number of H-pyrrole nitrogens is 1. The molecule has 0 aliphatic heterocycles. The third kappa shape index (κ3) is 2.93. The number of rotatable bonds is 5. The van der Waals surface area contributed by atoms with Gasteiger partial charge in [0.2, 0.25) is 5.03 Å². The minimum absolute atomic E-state index is 0.0679. The van der Waals surface area contributed by atoms with Crippen LogP contribution < -0.4 is 9.62 Å². The van der Waals surface area contributed by atoms with Gasteiger partial charge in [0, 0.05) is 24.8 Å². The molecule has 0 amide bonds. The average Bonchev–Trinajstić information content (AvgIpc) is 2.80. The van der Waals surface area contributed by atoms with Crippen molar-refractivity contribution in [3.8, 4) is 0 Å². The van der Waals surface area contributed by atoms with Crippen LogP contribution >= 0.6 is 0 Å². The van der Waals surface area contributed by atoms with Crippen LogP contribution in [-0.2, 0) is 16.6 Å². The van der Waals surface area contributed by atoms with E-state index in [1.165, 1.54) is 11.4 Å². The molecule has 114 valence electrons. The van der Waals surface area contributed by atoms with Crippen molar-refractivity contribution in [2.75, 3.05) is 18.4 Å². The van der Waals surface area contributed by atoms with Gasteiger partial charge in [-0.05, 0) is 38.6 Å². The molecule has 0 radical (unpaired) electrons. The average molecular weight is 308 g/mol. The van der Waals surface area contributed by atoms with Gasteiger partial charge in [-0.1, -0.05) is 12.1 Å². The van der Waals surface area contributed by atoms with Crippen LogP contribution in [0, 0.1) is 13.8 Å². The van der Waals surface area contributed by atoms with Gasteiger partial charge in [-0.2, -0.15) is 13.5 Å². The first-order chi connectivity index (χ1) is 9.87. The Morgan fingerprint density at radius 2 is 2.05 bits per heavy atom. The monoisotopic (exact) mass is 308 g/mol. The van der Waals surface area contributed by atoms with Crippen LogP contribution in [0.25, 0.3) is 0 Å². The van der Waals surface area contributed by atoms with E-state index in [1.807, 2.05) is 32.0 Å². The summed E-state index contributed by atoms with van der Waals surface area (Å²) in [6, 6.07) is 7.35. The van der Waals surface area contributed by atoms with E-state index in [0.717, 1.165) is 11.3 Å². The Balaban J connectivity index is 2.47. The molecule has 1 heterocycles.